The summed E-state index contributed by atoms with van der Waals surface area (Å²) in [5, 5.41) is 4.15. The summed E-state index contributed by atoms with van der Waals surface area (Å²) in [4.78, 5) is 0. The van der Waals surface area contributed by atoms with Gasteiger partial charge >= 0.3 is 0 Å². The van der Waals surface area contributed by atoms with Gasteiger partial charge in [0, 0.05) is 21.2 Å². The zero-order valence-electron chi connectivity index (χ0n) is 9.81. The van der Waals surface area contributed by atoms with Crippen molar-refractivity contribution in [2.24, 2.45) is 0 Å². The fourth-order valence-corrected chi connectivity index (χ4v) is 2.46. The number of hydrogen-bond acceptors (Lipinski definition) is 1. The Morgan fingerprint density at radius 2 is 1.89 bits per heavy atom. The standard InChI is InChI=1S/C14H12Br2ClN/c1-9-11(15)3-2-4-14(9)18-8-10-5-6-12(16)13(17)7-10/h2-7,18H,8H2,1H3. The smallest absolute Gasteiger partial charge is 0.0551 e. The number of benzene rings is 2. The van der Waals surface area contributed by atoms with Crippen molar-refractivity contribution in [3.8, 4) is 0 Å². The average molecular weight is 390 g/mol. The highest BCUT2D eigenvalue weighted by molar-refractivity contribution is 9.10. The second kappa shape index (κ2) is 6.09. The van der Waals surface area contributed by atoms with Crippen LogP contribution in [0.3, 0.4) is 0 Å². The number of halogens is 3. The number of hydrogen-bond donors (Lipinski definition) is 1. The molecule has 0 atom stereocenters. The first-order valence-corrected chi connectivity index (χ1v) is 7.47. The van der Waals surface area contributed by atoms with E-state index in [1.807, 2.05) is 24.3 Å². The molecular formula is C14H12Br2ClN. The van der Waals surface area contributed by atoms with Crippen LogP contribution >= 0.6 is 43.5 Å². The molecule has 2 aromatic rings. The summed E-state index contributed by atoms with van der Waals surface area (Å²) < 4.78 is 2.04. The van der Waals surface area contributed by atoms with Gasteiger partial charge in [-0.3, -0.25) is 0 Å². The monoisotopic (exact) mass is 387 g/mol. The summed E-state index contributed by atoms with van der Waals surface area (Å²) in [6.07, 6.45) is 0. The van der Waals surface area contributed by atoms with E-state index < -0.39 is 0 Å². The molecule has 2 aromatic carbocycles. The van der Waals surface area contributed by atoms with Crippen molar-refractivity contribution in [3.63, 3.8) is 0 Å². The number of nitrogens with one attached hydrogen (secondary N) is 1. The molecule has 0 heterocycles. The third-order valence-electron chi connectivity index (χ3n) is 2.73. The maximum absolute atomic E-state index is 6.07. The fourth-order valence-electron chi connectivity index (χ4n) is 1.65. The van der Waals surface area contributed by atoms with Crippen molar-refractivity contribution in [3.05, 3.63) is 61.5 Å². The second-order valence-electron chi connectivity index (χ2n) is 4.01. The lowest BCUT2D eigenvalue weighted by Crippen LogP contribution is -2.01. The Morgan fingerprint density at radius 3 is 2.61 bits per heavy atom. The Labute approximate surface area is 129 Å². The molecule has 0 unspecified atom stereocenters. The van der Waals surface area contributed by atoms with Crippen LogP contribution in [0.25, 0.3) is 0 Å². The molecule has 0 aliphatic carbocycles. The van der Waals surface area contributed by atoms with Crippen LogP contribution in [0, 0.1) is 6.92 Å². The van der Waals surface area contributed by atoms with Crippen molar-refractivity contribution < 1.29 is 0 Å². The Morgan fingerprint density at radius 1 is 1.11 bits per heavy atom. The second-order valence-corrected chi connectivity index (χ2v) is 6.13. The Hall–Kier alpha value is -0.510. The Balaban J connectivity index is 2.11. The molecule has 18 heavy (non-hydrogen) atoms. The first kappa shape index (κ1) is 13.9. The average Bonchev–Trinajstić information content (AvgIpc) is 2.35. The summed E-state index contributed by atoms with van der Waals surface area (Å²) in [6.45, 7) is 2.84. The molecule has 0 bridgehead atoms. The van der Waals surface area contributed by atoms with Gasteiger partial charge in [-0.1, -0.05) is 39.7 Å². The van der Waals surface area contributed by atoms with E-state index in [0.717, 1.165) is 31.8 Å². The van der Waals surface area contributed by atoms with E-state index in [4.69, 9.17) is 11.6 Å². The van der Waals surface area contributed by atoms with E-state index in [-0.39, 0.29) is 0 Å². The highest BCUT2D eigenvalue weighted by Crippen LogP contribution is 2.26. The minimum absolute atomic E-state index is 0.736. The normalized spacial score (nSPS) is 10.4. The number of rotatable bonds is 3. The minimum Gasteiger partial charge on any atom is -0.381 e. The van der Waals surface area contributed by atoms with Crippen LogP contribution in [0.5, 0.6) is 0 Å². The summed E-state index contributed by atoms with van der Waals surface area (Å²) in [5.41, 5.74) is 3.49. The fraction of sp³-hybridized carbons (Fsp3) is 0.143. The van der Waals surface area contributed by atoms with Gasteiger partial charge in [-0.25, -0.2) is 0 Å². The molecule has 0 aliphatic rings. The third-order valence-corrected chi connectivity index (χ3v) is 4.83. The molecule has 1 N–H and O–H groups in total. The SMILES string of the molecule is Cc1c(Br)cccc1NCc1ccc(Br)c(Cl)c1. The van der Waals surface area contributed by atoms with Crippen LogP contribution in [-0.2, 0) is 6.54 Å². The van der Waals surface area contributed by atoms with Gasteiger partial charge in [0.1, 0.15) is 0 Å². The summed E-state index contributed by atoms with van der Waals surface area (Å²) in [5.74, 6) is 0. The van der Waals surface area contributed by atoms with E-state index in [1.54, 1.807) is 0 Å². The lowest BCUT2D eigenvalue weighted by molar-refractivity contribution is 1.14. The first-order valence-electron chi connectivity index (χ1n) is 5.51. The van der Waals surface area contributed by atoms with Crippen molar-refractivity contribution in [2.45, 2.75) is 13.5 Å². The molecule has 0 saturated heterocycles. The van der Waals surface area contributed by atoms with Crippen molar-refractivity contribution >= 4 is 49.1 Å². The van der Waals surface area contributed by atoms with Crippen LogP contribution < -0.4 is 5.32 Å². The number of anilines is 1. The minimum atomic E-state index is 0.736. The molecule has 4 heteroatoms. The summed E-state index contributed by atoms with van der Waals surface area (Å²) in [7, 11) is 0. The van der Waals surface area contributed by atoms with Crippen molar-refractivity contribution in [2.75, 3.05) is 5.32 Å². The van der Waals surface area contributed by atoms with Crippen LogP contribution in [0.1, 0.15) is 11.1 Å². The third kappa shape index (κ3) is 3.28. The Bertz CT molecular complexity index is 570. The van der Waals surface area contributed by atoms with Crippen LogP contribution in [0.15, 0.2) is 45.3 Å². The van der Waals surface area contributed by atoms with Gasteiger partial charge in [-0.15, -0.1) is 0 Å². The van der Waals surface area contributed by atoms with E-state index in [2.05, 4.69) is 56.2 Å². The molecule has 94 valence electrons. The topological polar surface area (TPSA) is 12.0 Å². The van der Waals surface area contributed by atoms with E-state index >= 15 is 0 Å². The molecule has 0 radical (unpaired) electrons. The van der Waals surface area contributed by atoms with Crippen molar-refractivity contribution in [1.82, 2.24) is 0 Å². The molecule has 0 spiro atoms. The zero-order chi connectivity index (χ0) is 13.1. The van der Waals surface area contributed by atoms with Gasteiger partial charge in [-0.05, 0) is 58.2 Å². The molecule has 2 rings (SSSR count). The maximum Gasteiger partial charge on any atom is 0.0551 e. The maximum atomic E-state index is 6.07. The molecule has 1 nitrogen and oxygen atoms in total. The zero-order valence-corrected chi connectivity index (χ0v) is 13.7. The van der Waals surface area contributed by atoms with Gasteiger partial charge < -0.3 is 5.32 Å². The highest BCUT2D eigenvalue weighted by Gasteiger charge is 2.02. The molecule has 0 aliphatic heterocycles. The predicted octanol–water partition coefficient (Wildman–Crippen LogP) is 5.79. The predicted molar refractivity (Wildman–Crippen MR) is 85.4 cm³/mol. The molecule has 0 aromatic heterocycles. The molecular weight excluding hydrogens is 377 g/mol. The lowest BCUT2D eigenvalue weighted by atomic mass is 10.2. The first-order chi connectivity index (χ1) is 8.58. The summed E-state index contributed by atoms with van der Waals surface area (Å²) >= 11 is 13.0. The van der Waals surface area contributed by atoms with E-state index in [0.29, 0.717) is 0 Å². The van der Waals surface area contributed by atoms with Gasteiger partial charge in [0.05, 0.1) is 5.02 Å². The lowest BCUT2D eigenvalue weighted by Gasteiger charge is -2.11. The van der Waals surface area contributed by atoms with Crippen LogP contribution in [0.4, 0.5) is 5.69 Å². The molecule has 0 amide bonds. The van der Waals surface area contributed by atoms with E-state index in [9.17, 15) is 0 Å². The molecule has 0 fully saturated rings. The van der Waals surface area contributed by atoms with E-state index in [1.165, 1.54) is 5.56 Å². The highest BCUT2D eigenvalue weighted by atomic mass is 79.9. The largest absolute Gasteiger partial charge is 0.381 e. The van der Waals surface area contributed by atoms with Crippen LogP contribution in [-0.4, -0.2) is 0 Å². The molecule has 0 saturated carbocycles. The van der Waals surface area contributed by atoms with Gasteiger partial charge in [0.15, 0.2) is 0 Å². The summed E-state index contributed by atoms with van der Waals surface area (Å²) in [6, 6.07) is 12.1. The van der Waals surface area contributed by atoms with Gasteiger partial charge in [0.25, 0.3) is 0 Å². The quantitative estimate of drug-likeness (QED) is 0.701. The van der Waals surface area contributed by atoms with Crippen LogP contribution in [0.2, 0.25) is 5.02 Å². The van der Waals surface area contributed by atoms with Gasteiger partial charge in [-0.2, -0.15) is 0 Å². The van der Waals surface area contributed by atoms with Crippen molar-refractivity contribution in [1.29, 1.82) is 0 Å². The van der Waals surface area contributed by atoms with Gasteiger partial charge in [0.2, 0.25) is 0 Å². The Kier molecular flexibility index (Phi) is 4.71.